The number of hydrogen-bond donors (Lipinski definition) is 2. The van der Waals surface area contributed by atoms with E-state index in [9.17, 15) is 9.59 Å². The van der Waals surface area contributed by atoms with Gasteiger partial charge in [-0.1, -0.05) is 13.0 Å². The Balaban J connectivity index is 2.68. The Bertz CT molecular complexity index is 509. The van der Waals surface area contributed by atoms with Crippen molar-refractivity contribution in [3.8, 4) is 5.75 Å². The summed E-state index contributed by atoms with van der Waals surface area (Å²) in [7, 11) is 0. The van der Waals surface area contributed by atoms with Gasteiger partial charge in [0.15, 0.2) is 6.61 Å². The van der Waals surface area contributed by atoms with E-state index in [4.69, 9.17) is 9.84 Å². The number of nitrogens with one attached hydrogen (secondary N) is 1. The molecule has 0 aliphatic carbocycles. The van der Waals surface area contributed by atoms with Crippen molar-refractivity contribution < 1.29 is 19.4 Å². The Morgan fingerprint density at radius 3 is 2.55 bits per heavy atom. The minimum atomic E-state index is -1.02. The average Bonchev–Trinajstić information content (AvgIpc) is 2.37. The number of carboxylic acids is 1. The number of amides is 1. The second kappa shape index (κ2) is 6.41. The molecule has 0 heterocycles. The molecule has 1 rings (SSSR count). The normalized spacial score (nSPS) is 11.0. The van der Waals surface area contributed by atoms with Gasteiger partial charge in [-0.2, -0.15) is 0 Å². The van der Waals surface area contributed by atoms with Gasteiger partial charge in [0.2, 0.25) is 0 Å². The van der Waals surface area contributed by atoms with Crippen LogP contribution in [0.25, 0.3) is 0 Å². The van der Waals surface area contributed by atoms with Gasteiger partial charge in [0.05, 0.1) is 5.56 Å². The van der Waals surface area contributed by atoms with Crippen molar-refractivity contribution >= 4 is 11.9 Å². The smallest absolute Gasteiger partial charge is 0.335 e. The molecule has 0 saturated carbocycles. The fraction of sp³-hybridized carbons (Fsp3) is 0.467. The quantitative estimate of drug-likeness (QED) is 0.838. The molecule has 5 nitrogen and oxygen atoms in total. The van der Waals surface area contributed by atoms with Crippen molar-refractivity contribution in [3.63, 3.8) is 0 Å². The van der Waals surface area contributed by atoms with Gasteiger partial charge >= 0.3 is 5.97 Å². The molecule has 5 heteroatoms. The van der Waals surface area contributed by atoms with Crippen molar-refractivity contribution in [1.82, 2.24) is 5.32 Å². The molecule has 0 bridgehead atoms. The minimum Gasteiger partial charge on any atom is -0.483 e. The summed E-state index contributed by atoms with van der Waals surface area (Å²) in [5, 5.41) is 11.8. The van der Waals surface area contributed by atoms with Gasteiger partial charge in [0.1, 0.15) is 5.75 Å². The van der Waals surface area contributed by atoms with E-state index in [1.807, 2.05) is 20.8 Å². The molecule has 0 radical (unpaired) electrons. The van der Waals surface area contributed by atoms with Gasteiger partial charge in [-0.05, 0) is 44.9 Å². The van der Waals surface area contributed by atoms with Crippen LogP contribution in [0, 0.1) is 6.92 Å². The predicted molar refractivity (Wildman–Crippen MR) is 76.1 cm³/mol. The monoisotopic (exact) mass is 279 g/mol. The van der Waals surface area contributed by atoms with Gasteiger partial charge in [0.25, 0.3) is 5.91 Å². The maximum atomic E-state index is 11.8. The van der Waals surface area contributed by atoms with E-state index in [1.54, 1.807) is 13.0 Å². The molecule has 0 unspecified atom stereocenters. The van der Waals surface area contributed by atoms with E-state index >= 15 is 0 Å². The molecule has 1 amide bonds. The van der Waals surface area contributed by atoms with Gasteiger partial charge < -0.3 is 15.2 Å². The maximum Gasteiger partial charge on any atom is 0.335 e. The molecular weight excluding hydrogens is 258 g/mol. The molecule has 20 heavy (non-hydrogen) atoms. The number of hydrogen-bond acceptors (Lipinski definition) is 3. The summed E-state index contributed by atoms with van der Waals surface area (Å²) < 4.78 is 5.40. The number of aryl methyl sites for hydroxylation is 1. The predicted octanol–water partition coefficient (Wildman–Crippen LogP) is 2.38. The van der Waals surface area contributed by atoms with Crippen molar-refractivity contribution in [1.29, 1.82) is 0 Å². The second-order valence-corrected chi connectivity index (χ2v) is 5.36. The summed E-state index contributed by atoms with van der Waals surface area (Å²) in [6.45, 7) is 7.52. The first-order valence-corrected chi connectivity index (χ1v) is 6.53. The topological polar surface area (TPSA) is 75.6 Å². The van der Waals surface area contributed by atoms with Crippen molar-refractivity contribution in [2.45, 2.75) is 39.7 Å². The van der Waals surface area contributed by atoms with Gasteiger partial charge in [0, 0.05) is 5.54 Å². The summed E-state index contributed by atoms with van der Waals surface area (Å²) in [4.78, 5) is 22.7. The number of benzene rings is 1. The van der Waals surface area contributed by atoms with E-state index in [0.717, 1.165) is 12.0 Å². The lowest BCUT2D eigenvalue weighted by atomic mass is 10.0. The van der Waals surface area contributed by atoms with Crippen LogP contribution in [0.3, 0.4) is 0 Å². The number of carbonyl (C=O) groups is 2. The first-order chi connectivity index (χ1) is 9.25. The highest BCUT2D eigenvalue weighted by Crippen LogP contribution is 2.19. The Morgan fingerprint density at radius 2 is 2.00 bits per heavy atom. The zero-order chi connectivity index (χ0) is 15.3. The van der Waals surface area contributed by atoms with Crippen LogP contribution in [0.15, 0.2) is 18.2 Å². The number of carboxylic acid groups (broad SMARTS) is 1. The standard InChI is InChI=1S/C15H21NO4/c1-5-15(3,4)16-13(17)9-20-12-8-11(14(18)19)7-6-10(12)2/h6-8H,5,9H2,1-4H3,(H,16,17)(H,18,19). The first-order valence-electron chi connectivity index (χ1n) is 6.53. The Kier molecular flexibility index (Phi) is 5.13. The lowest BCUT2D eigenvalue weighted by molar-refractivity contribution is -0.124. The molecule has 0 aliphatic heterocycles. The van der Waals surface area contributed by atoms with Gasteiger partial charge in [-0.15, -0.1) is 0 Å². The molecular formula is C15H21NO4. The second-order valence-electron chi connectivity index (χ2n) is 5.36. The average molecular weight is 279 g/mol. The third-order valence-corrected chi connectivity index (χ3v) is 3.16. The lowest BCUT2D eigenvalue weighted by Gasteiger charge is -2.24. The number of ether oxygens (including phenoxy) is 1. The fourth-order valence-electron chi connectivity index (χ4n) is 1.53. The van der Waals surface area contributed by atoms with Crippen LogP contribution >= 0.6 is 0 Å². The van der Waals surface area contributed by atoms with E-state index in [1.165, 1.54) is 12.1 Å². The summed E-state index contributed by atoms with van der Waals surface area (Å²) in [6.07, 6.45) is 0.812. The van der Waals surface area contributed by atoms with E-state index in [-0.39, 0.29) is 23.6 Å². The summed E-state index contributed by atoms with van der Waals surface area (Å²) in [5.41, 5.74) is 0.649. The van der Waals surface area contributed by atoms with Crippen molar-refractivity contribution in [3.05, 3.63) is 29.3 Å². The molecule has 2 N–H and O–H groups in total. The molecule has 1 aromatic rings. The molecule has 0 spiro atoms. The van der Waals surface area contributed by atoms with E-state index in [2.05, 4.69) is 5.32 Å². The minimum absolute atomic E-state index is 0.132. The first kappa shape index (κ1) is 16.0. The number of carbonyl (C=O) groups excluding carboxylic acids is 1. The molecule has 0 aromatic heterocycles. The van der Waals surface area contributed by atoms with Crippen LogP contribution in [0.4, 0.5) is 0 Å². The Hall–Kier alpha value is -2.04. The van der Waals surface area contributed by atoms with Crippen LogP contribution in [0.1, 0.15) is 43.1 Å². The molecule has 0 atom stereocenters. The SMILES string of the molecule is CCC(C)(C)NC(=O)COc1cc(C(=O)O)ccc1C. The summed E-state index contributed by atoms with van der Waals surface area (Å²) in [5.74, 6) is -0.835. The number of aromatic carboxylic acids is 1. The van der Waals surface area contributed by atoms with E-state index < -0.39 is 5.97 Å². The van der Waals surface area contributed by atoms with Crippen LogP contribution in [0.5, 0.6) is 5.75 Å². The third kappa shape index (κ3) is 4.57. The van der Waals surface area contributed by atoms with Gasteiger partial charge in [-0.25, -0.2) is 4.79 Å². The molecule has 110 valence electrons. The summed E-state index contributed by atoms with van der Waals surface area (Å²) in [6, 6.07) is 4.59. The highest BCUT2D eigenvalue weighted by Gasteiger charge is 2.18. The van der Waals surface area contributed by atoms with Crippen LogP contribution < -0.4 is 10.1 Å². The van der Waals surface area contributed by atoms with Crippen molar-refractivity contribution in [2.75, 3.05) is 6.61 Å². The maximum absolute atomic E-state index is 11.8. The highest BCUT2D eigenvalue weighted by atomic mass is 16.5. The largest absolute Gasteiger partial charge is 0.483 e. The zero-order valence-corrected chi connectivity index (χ0v) is 12.3. The Labute approximate surface area is 118 Å². The molecule has 0 saturated heterocycles. The van der Waals surface area contributed by atoms with Crippen LogP contribution in [-0.2, 0) is 4.79 Å². The molecule has 0 fully saturated rings. The van der Waals surface area contributed by atoms with Crippen molar-refractivity contribution in [2.24, 2.45) is 0 Å². The van der Waals surface area contributed by atoms with E-state index in [0.29, 0.717) is 5.75 Å². The van der Waals surface area contributed by atoms with Crippen LogP contribution in [-0.4, -0.2) is 29.1 Å². The lowest BCUT2D eigenvalue weighted by Crippen LogP contribution is -2.44. The third-order valence-electron chi connectivity index (χ3n) is 3.16. The molecule has 0 aliphatic rings. The molecule has 1 aromatic carbocycles. The zero-order valence-electron chi connectivity index (χ0n) is 12.3. The number of rotatable bonds is 6. The summed E-state index contributed by atoms with van der Waals surface area (Å²) >= 11 is 0. The fourth-order valence-corrected chi connectivity index (χ4v) is 1.53. The highest BCUT2D eigenvalue weighted by molar-refractivity contribution is 5.88. The van der Waals surface area contributed by atoms with Crippen LogP contribution in [0.2, 0.25) is 0 Å². The van der Waals surface area contributed by atoms with Gasteiger partial charge in [-0.3, -0.25) is 4.79 Å². The Morgan fingerprint density at radius 1 is 1.35 bits per heavy atom.